The maximum Gasteiger partial charge on any atom is 0.255 e. The van der Waals surface area contributed by atoms with Crippen molar-refractivity contribution in [3.63, 3.8) is 0 Å². The molecule has 2 aromatic rings. The first kappa shape index (κ1) is 13.0. The molecule has 98 valence electrons. The maximum absolute atomic E-state index is 5.92. The normalized spacial score (nSPS) is 11.3. The summed E-state index contributed by atoms with van der Waals surface area (Å²) in [6, 6.07) is 1.76. The van der Waals surface area contributed by atoms with Crippen LogP contribution in [0.15, 0.2) is 12.4 Å². The number of fused-ring (bicyclic) bond motifs is 1. The molecule has 7 heteroatoms. The molecule has 0 aliphatic heterocycles. The van der Waals surface area contributed by atoms with E-state index in [2.05, 4.69) is 39.4 Å². The van der Waals surface area contributed by atoms with Gasteiger partial charge in [-0.1, -0.05) is 11.6 Å². The first-order valence-corrected chi connectivity index (χ1v) is 6.29. The van der Waals surface area contributed by atoms with Crippen molar-refractivity contribution in [2.45, 2.75) is 12.8 Å². The highest BCUT2D eigenvalue weighted by molar-refractivity contribution is 6.29. The van der Waals surface area contributed by atoms with E-state index < -0.39 is 0 Å². The lowest BCUT2D eigenvalue weighted by molar-refractivity contribution is 0.396. The van der Waals surface area contributed by atoms with Gasteiger partial charge in [0.15, 0.2) is 0 Å². The first-order valence-electron chi connectivity index (χ1n) is 5.91. The summed E-state index contributed by atoms with van der Waals surface area (Å²) >= 11 is 5.92. The Bertz CT molecular complexity index is 509. The first-order chi connectivity index (χ1) is 8.66. The van der Waals surface area contributed by atoms with Crippen LogP contribution in [0.25, 0.3) is 5.78 Å². The average Bonchev–Trinajstić information content (AvgIpc) is 2.75. The molecule has 2 aromatic heterocycles. The van der Waals surface area contributed by atoms with Gasteiger partial charge in [0.25, 0.3) is 5.78 Å². The molecule has 0 fully saturated rings. The van der Waals surface area contributed by atoms with Gasteiger partial charge >= 0.3 is 0 Å². The quantitative estimate of drug-likeness (QED) is 0.636. The third-order valence-corrected chi connectivity index (χ3v) is 2.75. The van der Waals surface area contributed by atoms with Crippen LogP contribution in [-0.2, 0) is 0 Å². The molecule has 0 bridgehead atoms. The molecular weight excluding hydrogens is 252 g/mol. The predicted octanol–water partition coefficient (Wildman–Crippen LogP) is 1.53. The minimum absolute atomic E-state index is 0.422. The molecule has 0 amide bonds. The predicted molar refractivity (Wildman–Crippen MR) is 72.1 cm³/mol. The van der Waals surface area contributed by atoms with Gasteiger partial charge in [0.05, 0.1) is 0 Å². The zero-order chi connectivity index (χ0) is 13.0. The molecule has 18 heavy (non-hydrogen) atoms. The highest BCUT2D eigenvalue weighted by Crippen LogP contribution is 2.14. The van der Waals surface area contributed by atoms with Crippen molar-refractivity contribution in [1.82, 2.24) is 24.5 Å². The highest BCUT2D eigenvalue weighted by Gasteiger charge is 2.05. The second kappa shape index (κ2) is 5.97. The van der Waals surface area contributed by atoms with Gasteiger partial charge < -0.3 is 10.2 Å². The number of anilines is 1. The molecule has 2 rings (SSSR count). The Morgan fingerprint density at radius 1 is 1.39 bits per heavy atom. The minimum atomic E-state index is 0.422. The number of nitrogens with zero attached hydrogens (tertiary/aromatic N) is 5. The van der Waals surface area contributed by atoms with Gasteiger partial charge in [-0.15, -0.1) is 0 Å². The van der Waals surface area contributed by atoms with E-state index in [4.69, 9.17) is 11.6 Å². The molecule has 2 heterocycles. The van der Waals surface area contributed by atoms with E-state index in [-0.39, 0.29) is 0 Å². The number of aromatic nitrogens is 4. The van der Waals surface area contributed by atoms with Crippen molar-refractivity contribution in [3.8, 4) is 0 Å². The summed E-state index contributed by atoms with van der Waals surface area (Å²) in [4.78, 5) is 10.3. The number of rotatable bonds is 6. The smallest absolute Gasteiger partial charge is 0.255 e. The molecule has 1 N–H and O–H groups in total. The Balaban J connectivity index is 1.93. The Morgan fingerprint density at radius 3 is 3.00 bits per heavy atom. The van der Waals surface area contributed by atoms with E-state index in [1.165, 1.54) is 6.33 Å². The molecule has 0 aromatic carbocycles. The molecular formula is C11H17ClN6. The van der Waals surface area contributed by atoms with E-state index >= 15 is 0 Å². The van der Waals surface area contributed by atoms with E-state index in [0.29, 0.717) is 10.9 Å². The molecule has 0 atom stereocenters. The number of unbranched alkanes of at least 4 members (excludes halogenated alkanes) is 1. The highest BCUT2D eigenvalue weighted by atomic mass is 35.5. The van der Waals surface area contributed by atoms with Gasteiger partial charge in [-0.05, 0) is 33.5 Å². The fourth-order valence-corrected chi connectivity index (χ4v) is 1.86. The molecule has 0 spiro atoms. The summed E-state index contributed by atoms with van der Waals surface area (Å²) in [6.45, 7) is 1.97. The van der Waals surface area contributed by atoms with Crippen LogP contribution in [0.2, 0.25) is 5.15 Å². The Hall–Kier alpha value is -1.40. The Kier molecular flexibility index (Phi) is 4.33. The van der Waals surface area contributed by atoms with Crippen LogP contribution in [0.3, 0.4) is 0 Å². The number of halogens is 1. The number of nitrogens with one attached hydrogen (secondary N) is 1. The van der Waals surface area contributed by atoms with Crippen molar-refractivity contribution < 1.29 is 0 Å². The fourth-order valence-electron chi connectivity index (χ4n) is 1.68. The van der Waals surface area contributed by atoms with Crippen LogP contribution in [0.5, 0.6) is 0 Å². The van der Waals surface area contributed by atoms with Crippen LogP contribution in [-0.4, -0.2) is 51.7 Å². The van der Waals surface area contributed by atoms with Gasteiger partial charge in [0.1, 0.15) is 17.3 Å². The summed E-state index contributed by atoms with van der Waals surface area (Å²) in [5.74, 6) is 1.34. The number of hydrogen-bond donors (Lipinski definition) is 1. The fraction of sp³-hybridized carbons (Fsp3) is 0.545. The zero-order valence-corrected chi connectivity index (χ0v) is 11.4. The standard InChI is InChI=1S/C11H17ClN6/c1-17(2)6-4-3-5-13-10-7-9(12)16-11-14-8-15-18(10)11/h7-8,13H,3-6H2,1-2H3. The summed E-state index contributed by atoms with van der Waals surface area (Å²) < 4.78 is 1.65. The monoisotopic (exact) mass is 268 g/mol. The third-order valence-electron chi connectivity index (χ3n) is 2.56. The van der Waals surface area contributed by atoms with Crippen LogP contribution in [0, 0.1) is 0 Å². The molecule has 0 unspecified atom stereocenters. The summed E-state index contributed by atoms with van der Waals surface area (Å²) in [5, 5.41) is 7.83. The lowest BCUT2D eigenvalue weighted by Crippen LogP contribution is -2.14. The van der Waals surface area contributed by atoms with E-state index in [0.717, 1.165) is 31.7 Å². The lowest BCUT2D eigenvalue weighted by atomic mass is 10.3. The molecule has 0 saturated carbocycles. The van der Waals surface area contributed by atoms with Crippen LogP contribution in [0.1, 0.15) is 12.8 Å². The maximum atomic E-state index is 5.92. The van der Waals surface area contributed by atoms with Crippen LogP contribution < -0.4 is 5.32 Å². The van der Waals surface area contributed by atoms with Crippen molar-refractivity contribution in [1.29, 1.82) is 0 Å². The topological polar surface area (TPSA) is 58.3 Å². The summed E-state index contributed by atoms with van der Waals surface area (Å²) in [6.07, 6.45) is 3.71. The van der Waals surface area contributed by atoms with E-state index in [1.807, 2.05) is 0 Å². The van der Waals surface area contributed by atoms with Crippen molar-refractivity contribution in [2.24, 2.45) is 0 Å². The average molecular weight is 269 g/mol. The van der Waals surface area contributed by atoms with Crippen molar-refractivity contribution >= 4 is 23.2 Å². The minimum Gasteiger partial charge on any atom is -0.370 e. The van der Waals surface area contributed by atoms with Gasteiger partial charge in [0, 0.05) is 12.6 Å². The van der Waals surface area contributed by atoms with Gasteiger partial charge in [-0.2, -0.15) is 19.6 Å². The molecule has 0 aliphatic carbocycles. The van der Waals surface area contributed by atoms with Crippen molar-refractivity contribution in [2.75, 3.05) is 32.5 Å². The van der Waals surface area contributed by atoms with Gasteiger partial charge in [-0.3, -0.25) is 0 Å². The molecule has 0 saturated heterocycles. The molecule has 0 aliphatic rings. The SMILES string of the molecule is CN(C)CCCCNc1cc(Cl)nc2ncnn12. The van der Waals surface area contributed by atoms with Crippen molar-refractivity contribution in [3.05, 3.63) is 17.5 Å². The summed E-state index contributed by atoms with van der Waals surface area (Å²) in [7, 11) is 4.16. The van der Waals surface area contributed by atoms with E-state index in [9.17, 15) is 0 Å². The Labute approximate surface area is 111 Å². The molecule has 6 nitrogen and oxygen atoms in total. The lowest BCUT2D eigenvalue weighted by Gasteiger charge is -2.10. The van der Waals surface area contributed by atoms with Gasteiger partial charge in [0.2, 0.25) is 0 Å². The van der Waals surface area contributed by atoms with Gasteiger partial charge in [-0.25, -0.2) is 0 Å². The third kappa shape index (κ3) is 3.30. The largest absolute Gasteiger partial charge is 0.370 e. The molecule has 0 radical (unpaired) electrons. The van der Waals surface area contributed by atoms with Crippen LogP contribution >= 0.6 is 11.6 Å². The summed E-state index contributed by atoms with van der Waals surface area (Å²) in [5.41, 5.74) is 0. The van der Waals surface area contributed by atoms with Crippen LogP contribution in [0.4, 0.5) is 5.82 Å². The second-order valence-electron chi connectivity index (χ2n) is 4.37. The second-order valence-corrected chi connectivity index (χ2v) is 4.76. The zero-order valence-electron chi connectivity index (χ0n) is 10.6. The Morgan fingerprint density at radius 2 is 2.22 bits per heavy atom. The number of hydrogen-bond acceptors (Lipinski definition) is 5. The van der Waals surface area contributed by atoms with E-state index in [1.54, 1.807) is 10.6 Å².